The van der Waals surface area contributed by atoms with Crippen LogP contribution < -0.4 is 11.1 Å². The van der Waals surface area contributed by atoms with Gasteiger partial charge in [-0.3, -0.25) is 9.69 Å². The van der Waals surface area contributed by atoms with Gasteiger partial charge >= 0.3 is 6.09 Å². The fourth-order valence-electron chi connectivity index (χ4n) is 3.07. The Morgan fingerprint density at radius 2 is 1.64 bits per heavy atom. The largest absolute Gasteiger partial charge is 0.445 e. The van der Waals surface area contributed by atoms with Crippen LogP contribution in [0.25, 0.3) is 0 Å². The molecule has 0 bridgehead atoms. The number of carbonyl (C=O) groups is 2. The number of anilines is 1. The van der Waals surface area contributed by atoms with E-state index in [0.717, 1.165) is 25.2 Å². The third kappa shape index (κ3) is 5.72. The van der Waals surface area contributed by atoms with Crippen molar-refractivity contribution in [1.29, 1.82) is 0 Å². The van der Waals surface area contributed by atoms with Crippen LogP contribution in [-0.2, 0) is 11.3 Å². The second kappa shape index (κ2) is 9.75. The molecule has 0 aromatic heterocycles. The number of rotatable bonds is 6. The molecule has 0 atom stereocenters. The topological polar surface area (TPSA) is 87.9 Å². The van der Waals surface area contributed by atoms with Crippen LogP contribution in [0, 0.1) is 0 Å². The predicted octanol–water partition coefficient (Wildman–Crippen LogP) is 1.95. The van der Waals surface area contributed by atoms with Gasteiger partial charge in [0.1, 0.15) is 6.61 Å². The van der Waals surface area contributed by atoms with Crippen molar-refractivity contribution in [2.45, 2.75) is 6.61 Å². The van der Waals surface area contributed by atoms with Gasteiger partial charge < -0.3 is 20.7 Å². The number of ether oxygens (including phenoxy) is 1. The van der Waals surface area contributed by atoms with Gasteiger partial charge in [-0.2, -0.15) is 0 Å². The quantitative estimate of drug-likeness (QED) is 0.746. The van der Waals surface area contributed by atoms with Gasteiger partial charge in [-0.05, 0) is 29.8 Å². The van der Waals surface area contributed by atoms with E-state index in [9.17, 15) is 9.59 Å². The van der Waals surface area contributed by atoms with Crippen molar-refractivity contribution in [1.82, 2.24) is 15.1 Å². The molecule has 1 saturated heterocycles. The highest BCUT2D eigenvalue weighted by Gasteiger charge is 2.21. The third-order valence-corrected chi connectivity index (χ3v) is 4.73. The smallest absolute Gasteiger partial charge is 0.407 e. The molecule has 1 heterocycles. The molecule has 2 amide bonds. The molecule has 3 rings (SSSR count). The molecule has 148 valence electrons. The Hall–Kier alpha value is -3.06. The minimum atomic E-state index is -0.416. The standard InChI is InChI=1S/C21H26N4O3/c22-19-8-6-18(7-9-19)20(26)25-14-12-24(13-15-25)11-10-23-21(27)28-16-17-4-2-1-3-5-17/h1-9H,10-16,22H2,(H,23,27). The van der Waals surface area contributed by atoms with E-state index in [1.54, 1.807) is 24.3 Å². The average Bonchev–Trinajstić information content (AvgIpc) is 2.73. The van der Waals surface area contributed by atoms with Crippen molar-refractivity contribution in [2.75, 3.05) is 45.0 Å². The highest BCUT2D eigenvalue weighted by atomic mass is 16.5. The number of benzene rings is 2. The summed E-state index contributed by atoms with van der Waals surface area (Å²) in [7, 11) is 0. The zero-order chi connectivity index (χ0) is 19.8. The minimum absolute atomic E-state index is 0.0299. The Kier molecular flexibility index (Phi) is 6.86. The number of nitrogens with zero attached hydrogens (tertiary/aromatic N) is 2. The molecule has 7 nitrogen and oxygen atoms in total. The van der Waals surface area contributed by atoms with Gasteiger partial charge in [-0.25, -0.2) is 4.79 Å². The zero-order valence-electron chi connectivity index (χ0n) is 15.8. The SMILES string of the molecule is Nc1ccc(C(=O)N2CCN(CCNC(=O)OCc3ccccc3)CC2)cc1. The van der Waals surface area contributed by atoms with Crippen molar-refractivity contribution in [3.8, 4) is 0 Å². The number of carbonyl (C=O) groups excluding carboxylic acids is 2. The third-order valence-electron chi connectivity index (χ3n) is 4.73. The van der Waals surface area contributed by atoms with E-state index < -0.39 is 6.09 Å². The Morgan fingerprint density at radius 3 is 2.32 bits per heavy atom. The summed E-state index contributed by atoms with van der Waals surface area (Å²) in [6.45, 7) is 4.40. The molecule has 0 unspecified atom stereocenters. The van der Waals surface area contributed by atoms with Gasteiger partial charge in [0, 0.05) is 50.5 Å². The molecular weight excluding hydrogens is 356 g/mol. The van der Waals surface area contributed by atoms with Gasteiger partial charge in [0.2, 0.25) is 0 Å². The summed E-state index contributed by atoms with van der Waals surface area (Å²) in [6.07, 6.45) is -0.416. The Labute approximate surface area is 165 Å². The lowest BCUT2D eigenvalue weighted by Gasteiger charge is -2.34. The van der Waals surface area contributed by atoms with Gasteiger partial charge in [0.05, 0.1) is 0 Å². The lowest BCUT2D eigenvalue weighted by atomic mass is 10.1. The number of alkyl carbamates (subject to hydrolysis) is 1. The van der Waals surface area contributed by atoms with Crippen LogP contribution in [0.15, 0.2) is 54.6 Å². The molecule has 3 N–H and O–H groups in total. The van der Waals surface area contributed by atoms with E-state index in [2.05, 4.69) is 10.2 Å². The summed E-state index contributed by atoms with van der Waals surface area (Å²) in [5.41, 5.74) is 7.93. The van der Waals surface area contributed by atoms with Gasteiger partial charge in [0.15, 0.2) is 0 Å². The second-order valence-electron chi connectivity index (χ2n) is 6.74. The van der Waals surface area contributed by atoms with Crippen molar-refractivity contribution in [3.63, 3.8) is 0 Å². The predicted molar refractivity (Wildman–Crippen MR) is 108 cm³/mol. The number of amides is 2. The van der Waals surface area contributed by atoms with Crippen molar-refractivity contribution in [3.05, 3.63) is 65.7 Å². The molecule has 28 heavy (non-hydrogen) atoms. The Morgan fingerprint density at radius 1 is 0.964 bits per heavy atom. The fourth-order valence-corrected chi connectivity index (χ4v) is 3.07. The van der Waals surface area contributed by atoms with Crippen molar-refractivity contribution >= 4 is 17.7 Å². The molecule has 1 aliphatic heterocycles. The van der Waals surface area contributed by atoms with E-state index in [0.29, 0.717) is 30.9 Å². The second-order valence-corrected chi connectivity index (χ2v) is 6.74. The monoisotopic (exact) mass is 382 g/mol. The first kappa shape index (κ1) is 19.7. The lowest BCUT2D eigenvalue weighted by molar-refractivity contribution is 0.0638. The van der Waals surface area contributed by atoms with Crippen LogP contribution in [0.2, 0.25) is 0 Å². The number of piperazine rings is 1. The first-order valence-corrected chi connectivity index (χ1v) is 9.43. The molecule has 1 fully saturated rings. The first-order valence-electron chi connectivity index (χ1n) is 9.43. The van der Waals surface area contributed by atoms with E-state index in [1.165, 1.54) is 0 Å². The maximum atomic E-state index is 12.5. The highest BCUT2D eigenvalue weighted by Crippen LogP contribution is 2.11. The van der Waals surface area contributed by atoms with Gasteiger partial charge in [-0.15, -0.1) is 0 Å². The molecule has 7 heteroatoms. The Bertz CT molecular complexity index is 772. The molecule has 0 radical (unpaired) electrons. The number of nitrogens with one attached hydrogen (secondary N) is 1. The molecule has 0 aliphatic carbocycles. The number of hydrogen-bond acceptors (Lipinski definition) is 5. The van der Waals surface area contributed by atoms with E-state index in [4.69, 9.17) is 10.5 Å². The van der Waals surface area contributed by atoms with E-state index in [1.807, 2.05) is 35.2 Å². The molecular formula is C21H26N4O3. The maximum absolute atomic E-state index is 12.5. The van der Waals surface area contributed by atoms with E-state index in [-0.39, 0.29) is 12.5 Å². The van der Waals surface area contributed by atoms with Crippen LogP contribution in [-0.4, -0.2) is 61.1 Å². The molecule has 2 aromatic carbocycles. The molecule has 1 aliphatic rings. The first-order chi connectivity index (χ1) is 13.6. The van der Waals surface area contributed by atoms with Crippen LogP contribution >= 0.6 is 0 Å². The van der Waals surface area contributed by atoms with Crippen LogP contribution in [0.5, 0.6) is 0 Å². The van der Waals surface area contributed by atoms with E-state index >= 15 is 0 Å². The fraction of sp³-hybridized carbons (Fsp3) is 0.333. The average molecular weight is 382 g/mol. The summed E-state index contributed by atoms with van der Waals surface area (Å²) in [5.74, 6) is 0.0299. The molecule has 0 spiro atoms. The van der Waals surface area contributed by atoms with Gasteiger partial charge in [0.25, 0.3) is 5.91 Å². The van der Waals surface area contributed by atoms with Crippen molar-refractivity contribution < 1.29 is 14.3 Å². The van der Waals surface area contributed by atoms with Gasteiger partial charge in [-0.1, -0.05) is 30.3 Å². The summed E-state index contributed by atoms with van der Waals surface area (Å²) in [5, 5.41) is 2.77. The number of nitrogens with two attached hydrogens (primary N) is 1. The lowest BCUT2D eigenvalue weighted by Crippen LogP contribution is -2.50. The summed E-state index contributed by atoms with van der Waals surface area (Å²) < 4.78 is 5.19. The molecule has 0 saturated carbocycles. The normalized spacial score (nSPS) is 14.5. The highest BCUT2D eigenvalue weighted by molar-refractivity contribution is 5.94. The Balaban J connectivity index is 1.32. The number of nitrogen functional groups attached to an aromatic ring is 1. The summed E-state index contributed by atoms with van der Waals surface area (Å²) >= 11 is 0. The van der Waals surface area contributed by atoms with Crippen LogP contribution in [0.4, 0.5) is 10.5 Å². The minimum Gasteiger partial charge on any atom is -0.445 e. The van der Waals surface area contributed by atoms with Crippen LogP contribution in [0.3, 0.4) is 0 Å². The zero-order valence-corrected chi connectivity index (χ0v) is 15.8. The maximum Gasteiger partial charge on any atom is 0.407 e. The van der Waals surface area contributed by atoms with Crippen LogP contribution in [0.1, 0.15) is 15.9 Å². The number of hydrogen-bond donors (Lipinski definition) is 2. The summed E-state index contributed by atoms with van der Waals surface area (Å²) in [6, 6.07) is 16.6. The summed E-state index contributed by atoms with van der Waals surface area (Å²) in [4.78, 5) is 28.3. The van der Waals surface area contributed by atoms with Crippen molar-refractivity contribution in [2.24, 2.45) is 0 Å². The molecule has 2 aromatic rings.